The predicted octanol–water partition coefficient (Wildman–Crippen LogP) is 2.43. The second-order valence-corrected chi connectivity index (χ2v) is 4.01. The van der Waals surface area contributed by atoms with Gasteiger partial charge in [0.05, 0.1) is 7.11 Å². The van der Waals surface area contributed by atoms with Crippen LogP contribution in [0.25, 0.3) is 0 Å². The first-order chi connectivity index (χ1) is 8.17. The maximum absolute atomic E-state index is 5.78. The van der Waals surface area contributed by atoms with Gasteiger partial charge in [0.1, 0.15) is 5.82 Å². The molecule has 0 atom stereocenters. The van der Waals surface area contributed by atoms with E-state index in [2.05, 4.69) is 27.1 Å². The Bertz CT molecular complexity index is 514. The van der Waals surface area contributed by atoms with Crippen LogP contribution in [0.1, 0.15) is 17.0 Å². The van der Waals surface area contributed by atoms with Crippen LogP contribution in [0.2, 0.25) is 5.28 Å². The zero-order valence-corrected chi connectivity index (χ0v) is 10.4. The largest absolute Gasteiger partial charge is 0.467 e. The van der Waals surface area contributed by atoms with E-state index in [9.17, 15) is 0 Å². The molecule has 0 aliphatic heterocycles. The number of hydrogen-bond acceptors (Lipinski definition) is 4. The van der Waals surface area contributed by atoms with E-state index in [0.29, 0.717) is 12.2 Å². The molecule has 0 saturated carbocycles. The van der Waals surface area contributed by atoms with Gasteiger partial charge in [-0.15, -0.1) is 0 Å². The molecule has 17 heavy (non-hydrogen) atoms. The Morgan fingerprint density at radius 3 is 2.47 bits per heavy atom. The van der Waals surface area contributed by atoms with Crippen molar-refractivity contribution in [2.75, 3.05) is 7.11 Å². The molecule has 5 heteroatoms. The summed E-state index contributed by atoms with van der Waals surface area (Å²) in [7, 11) is 1.50. The van der Waals surface area contributed by atoms with Crippen molar-refractivity contribution in [3.63, 3.8) is 0 Å². The number of aryl methyl sites for hydroxylation is 1. The molecule has 4 nitrogen and oxygen atoms in total. The van der Waals surface area contributed by atoms with Crippen LogP contribution < -0.4 is 4.74 Å². The van der Waals surface area contributed by atoms with E-state index in [1.807, 2.05) is 19.1 Å². The van der Waals surface area contributed by atoms with Crippen LogP contribution in [-0.2, 0) is 6.42 Å². The smallest absolute Gasteiger partial charge is 0.320 e. The third kappa shape index (κ3) is 3.14. The maximum Gasteiger partial charge on any atom is 0.320 e. The number of aromatic nitrogens is 3. The van der Waals surface area contributed by atoms with Gasteiger partial charge in [0.15, 0.2) is 0 Å². The summed E-state index contributed by atoms with van der Waals surface area (Å²) in [6.45, 7) is 2.05. The van der Waals surface area contributed by atoms with Crippen molar-refractivity contribution in [2.24, 2.45) is 0 Å². The minimum Gasteiger partial charge on any atom is -0.467 e. The molecule has 0 N–H and O–H groups in total. The second-order valence-electron chi connectivity index (χ2n) is 3.67. The van der Waals surface area contributed by atoms with E-state index >= 15 is 0 Å². The fraction of sp³-hybridized carbons (Fsp3) is 0.250. The van der Waals surface area contributed by atoms with Gasteiger partial charge >= 0.3 is 6.01 Å². The minimum atomic E-state index is 0.152. The highest BCUT2D eigenvalue weighted by Crippen LogP contribution is 2.12. The molecule has 0 amide bonds. The molecule has 1 aromatic heterocycles. The Balaban J connectivity index is 2.23. The molecule has 0 unspecified atom stereocenters. The number of methoxy groups -OCH3 is 1. The molecule has 0 spiro atoms. The SMILES string of the molecule is COc1nc(Cl)nc(Cc2ccc(C)cc2)n1. The van der Waals surface area contributed by atoms with Crippen molar-refractivity contribution in [1.29, 1.82) is 0 Å². The fourth-order valence-electron chi connectivity index (χ4n) is 1.43. The third-order valence-corrected chi connectivity index (χ3v) is 2.47. The predicted molar refractivity (Wildman–Crippen MR) is 65.4 cm³/mol. The fourth-order valence-corrected chi connectivity index (χ4v) is 1.60. The maximum atomic E-state index is 5.78. The highest BCUT2D eigenvalue weighted by molar-refractivity contribution is 6.28. The van der Waals surface area contributed by atoms with Gasteiger partial charge in [-0.2, -0.15) is 9.97 Å². The minimum absolute atomic E-state index is 0.152. The Morgan fingerprint density at radius 2 is 1.82 bits per heavy atom. The van der Waals surface area contributed by atoms with Crippen molar-refractivity contribution >= 4 is 11.6 Å². The van der Waals surface area contributed by atoms with E-state index in [1.54, 1.807) is 0 Å². The molecule has 0 radical (unpaired) electrons. The standard InChI is InChI=1S/C12H12ClN3O/c1-8-3-5-9(6-4-8)7-10-14-11(13)16-12(15-10)17-2/h3-6H,7H2,1-2H3. The van der Waals surface area contributed by atoms with E-state index < -0.39 is 0 Å². The van der Waals surface area contributed by atoms with Crippen LogP contribution in [0.3, 0.4) is 0 Å². The summed E-state index contributed by atoms with van der Waals surface area (Å²) in [5.74, 6) is 0.603. The summed E-state index contributed by atoms with van der Waals surface area (Å²) in [4.78, 5) is 12.0. The molecule has 0 aliphatic carbocycles. The summed E-state index contributed by atoms with van der Waals surface area (Å²) >= 11 is 5.78. The van der Waals surface area contributed by atoms with E-state index in [1.165, 1.54) is 12.7 Å². The zero-order valence-electron chi connectivity index (χ0n) is 9.64. The second kappa shape index (κ2) is 5.10. The Kier molecular flexibility index (Phi) is 3.54. The topological polar surface area (TPSA) is 47.9 Å². The van der Waals surface area contributed by atoms with Crippen LogP contribution in [0.15, 0.2) is 24.3 Å². The molecule has 0 fully saturated rings. The molecule has 88 valence electrons. The zero-order chi connectivity index (χ0) is 12.3. The lowest BCUT2D eigenvalue weighted by Crippen LogP contribution is -2.02. The van der Waals surface area contributed by atoms with Crippen LogP contribution in [0, 0.1) is 6.92 Å². The third-order valence-electron chi connectivity index (χ3n) is 2.30. The van der Waals surface area contributed by atoms with Gasteiger partial charge in [0.25, 0.3) is 0 Å². The Morgan fingerprint density at radius 1 is 1.12 bits per heavy atom. The van der Waals surface area contributed by atoms with Crippen LogP contribution in [-0.4, -0.2) is 22.1 Å². The van der Waals surface area contributed by atoms with Gasteiger partial charge in [-0.3, -0.25) is 0 Å². The van der Waals surface area contributed by atoms with Crippen molar-refractivity contribution in [3.05, 3.63) is 46.5 Å². The van der Waals surface area contributed by atoms with Crippen LogP contribution >= 0.6 is 11.6 Å². The summed E-state index contributed by atoms with van der Waals surface area (Å²) in [5.41, 5.74) is 2.35. The number of benzene rings is 1. The molecular formula is C12H12ClN3O. The number of hydrogen-bond donors (Lipinski definition) is 0. The Hall–Kier alpha value is -1.68. The lowest BCUT2D eigenvalue weighted by Gasteiger charge is -2.03. The molecule has 1 heterocycles. The van der Waals surface area contributed by atoms with Crippen molar-refractivity contribution in [2.45, 2.75) is 13.3 Å². The molecule has 1 aromatic carbocycles. The number of nitrogens with zero attached hydrogens (tertiary/aromatic N) is 3. The van der Waals surface area contributed by atoms with Gasteiger partial charge < -0.3 is 4.74 Å². The average Bonchev–Trinajstić information content (AvgIpc) is 2.31. The van der Waals surface area contributed by atoms with Gasteiger partial charge in [0.2, 0.25) is 5.28 Å². The van der Waals surface area contributed by atoms with Crippen molar-refractivity contribution < 1.29 is 4.74 Å². The van der Waals surface area contributed by atoms with Crippen molar-refractivity contribution in [3.8, 4) is 6.01 Å². The van der Waals surface area contributed by atoms with Gasteiger partial charge in [0, 0.05) is 6.42 Å². The van der Waals surface area contributed by atoms with Crippen molar-refractivity contribution in [1.82, 2.24) is 15.0 Å². The lowest BCUT2D eigenvalue weighted by atomic mass is 10.1. The molecule has 0 aliphatic rings. The first kappa shape index (κ1) is 11.8. The number of halogens is 1. The van der Waals surface area contributed by atoms with E-state index in [0.717, 1.165) is 5.56 Å². The lowest BCUT2D eigenvalue weighted by molar-refractivity contribution is 0.376. The molecular weight excluding hydrogens is 238 g/mol. The highest BCUT2D eigenvalue weighted by atomic mass is 35.5. The summed E-state index contributed by atoms with van der Waals surface area (Å²) in [6.07, 6.45) is 0.610. The number of ether oxygens (including phenoxy) is 1. The summed E-state index contributed by atoms with van der Waals surface area (Å²) in [6, 6.07) is 8.43. The summed E-state index contributed by atoms with van der Waals surface area (Å²) < 4.78 is 4.95. The quantitative estimate of drug-likeness (QED) is 0.838. The molecule has 2 rings (SSSR count). The average molecular weight is 250 g/mol. The van der Waals surface area contributed by atoms with Gasteiger partial charge in [-0.25, -0.2) is 4.98 Å². The first-order valence-electron chi connectivity index (χ1n) is 5.17. The van der Waals surface area contributed by atoms with Crippen LogP contribution in [0.5, 0.6) is 6.01 Å². The molecule has 0 bridgehead atoms. The van der Waals surface area contributed by atoms with Gasteiger partial charge in [-0.05, 0) is 24.1 Å². The monoisotopic (exact) mass is 249 g/mol. The van der Waals surface area contributed by atoms with E-state index in [-0.39, 0.29) is 11.3 Å². The number of rotatable bonds is 3. The summed E-state index contributed by atoms with van der Waals surface area (Å²) in [5, 5.41) is 0.152. The van der Waals surface area contributed by atoms with E-state index in [4.69, 9.17) is 16.3 Å². The van der Waals surface area contributed by atoms with Gasteiger partial charge in [-0.1, -0.05) is 29.8 Å². The Labute approximate surface area is 105 Å². The van der Waals surface area contributed by atoms with Crippen LogP contribution in [0.4, 0.5) is 0 Å². The normalized spacial score (nSPS) is 10.3. The first-order valence-corrected chi connectivity index (χ1v) is 5.55. The molecule has 0 saturated heterocycles. The highest BCUT2D eigenvalue weighted by Gasteiger charge is 2.05. The molecule has 2 aromatic rings.